The van der Waals surface area contributed by atoms with Crippen molar-refractivity contribution in [3.05, 3.63) is 23.8 Å². The first-order chi connectivity index (χ1) is 9.93. The van der Waals surface area contributed by atoms with Crippen LogP contribution in [0.3, 0.4) is 0 Å². The van der Waals surface area contributed by atoms with Crippen LogP contribution in [0.1, 0.15) is 17.3 Å². The van der Waals surface area contributed by atoms with Crippen molar-refractivity contribution in [3.8, 4) is 5.75 Å². The Kier molecular flexibility index (Phi) is 4.21. The highest BCUT2D eigenvalue weighted by Crippen LogP contribution is 2.27. The lowest BCUT2D eigenvalue weighted by Crippen LogP contribution is -2.53. The number of carboxylic acid groups (broad SMARTS) is 1. The molecule has 114 valence electrons. The number of primary amides is 1. The van der Waals surface area contributed by atoms with Crippen molar-refractivity contribution in [1.82, 2.24) is 4.90 Å². The van der Waals surface area contributed by atoms with Gasteiger partial charge in [0.25, 0.3) is 5.91 Å². The third-order valence-electron chi connectivity index (χ3n) is 3.69. The minimum atomic E-state index is -0.899. The van der Waals surface area contributed by atoms with Gasteiger partial charge in [-0.2, -0.15) is 0 Å². The fourth-order valence-corrected chi connectivity index (χ4v) is 2.56. The zero-order valence-electron chi connectivity index (χ0n) is 12.1. The first-order valence-corrected chi connectivity index (χ1v) is 6.66. The van der Waals surface area contributed by atoms with E-state index in [0.717, 1.165) is 5.69 Å². The summed E-state index contributed by atoms with van der Waals surface area (Å²) in [5.41, 5.74) is 6.50. The largest absolute Gasteiger partial charge is 0.496 e. The standard InChI is InChI=1S/C14H19N3O4/c1-9-8-16(5-6-17(9)14(19)20)10-3-4-11(13(15)18)12(7-10)21-2/h3-4,7,9H,5-6,8H2,1-2H3,(H2,15,18)(H,19,20). The number of methoxy groups -OCH3 is 1. The quantitative estimate of drug-likeness (QED) is 0.866. The van der Waals surface area contributed by atoms with E-state index in [0.29, 0.717) is 30.9 Å². The summed E-state index contributed by atoms with van der Waals surface area (Å²) in [6.07, 6.45) is -0.899. The van der Waals surface area contributed by atoms with Crippen LogP contribution in [-0.2, 0) is 0 Å². The predicted octanol–water partition coefficient (Wildman–Crippen LogP) is 0.983. The van der Waals surface area contributed by atoms with Gasteiger partial charge < -0.3 is 25.4 Å². The number of rotatable bonds is 3. The van der Waals surface area contributed by atoms with Gasteiger partial charge in [0.15, 0.2) is 0 Å². The van der Waals surface area contributed by atoms with Gasteiger partial charge in [-0.15, -0.1) is 0 Å². The van der Waals surface area contributed by atoms with E-state index in [1.807, 2.05) is 6.92 Å². The van der Waals surface area contributed by atoms with E-state index >= 15 is 0 Å². The fraction of sp³-hybridized carbons (Fsp3) is 0.429. The van der Waals surface area contributed by atoms with Crippen LogP contribution in [-0.4, -0.2) is 54.8 Å². The van der Waals surface area contributed by atoms with Gasteiger partial charge in [0.1, 0.15) is 5.75 Å². The number of nitrogens with two attached hydrogens (primary N) is 1. The maximum atomic E-state index is 11.3. The van der Waals surface area contributed by atoms with Crippen molar-refractivity contribution in [2.24, 2.45) is 5.73 Å². The monoisotopic (exact) mass is 293 g/mol. The van der Waals surface area contributed by atoms with E-state index in [1.165, 1.54) is 12.0 Å². The molecule has 1 aromatic carbocycles. The van der Waals surface area contributed by atoms with Gasteiger partial charge in [-0.25, -0.2) is 4.79 Å². The molecule has 1 unspecified atom stereocenters. The second kappa shape index (κ2) is 5.90. The highest BCUT2D eigenvalue weighted by atomic mass is 16.5. The predicted molar refractivity (Wildman–Crippen MR) is 77.9 cm³/mol. The summed E-state index contributed by atoms with van der Waals surface area (Å²) >= 11 is 0. The molecule has 1 atom stereocenters. The molecule has 1 heterocycles. The molecule has 0 spiro atoms. The SMILES string of the molecule is COc1cc(N2CCN(C(=O)O)C(C)C2)ccc1C(N)=O. The lowest BCUT2D eigenvalue weighted by atomic mass is 10.1. The van der Waals surface area contributed by atoms with Crippen LogP contribution in [0.4, 0.5) is 10.5 Å². The lowest BCUT2D eigenvalue weighted by Gasteiger charge is -2.39. The molecule has 0 aromatic heterocycles. The summed E-state index contributed by atoms with van der Waals surface area (Å²) in [7, 11) is 1.48. The van der Waals surface area contributed by atoms with Crippen molar-refractivity contribution < 1.29 is 19.4 Å². The van der Waals surface area contributed by atoms with Gasteiger partial charge in [-0.3, -0.25) is 4.79 Å². The molecular weight excluding hydrogens is 274 g/mol. The number of hydrogen-bond donors (Lipinski definition) is 2. The van der Waals surface area contributed by atoms with Gasteiger partial charge >= 0.3 is 6.09 Å². The van der Waals surface area contributed by atoms with Crippen LogP contribution in [0.5, 0.6) is 5.75 Å². The summed E-state index contributed by atoms with van der Waals surface area (Å²) in [6.45, 7) is 3.49. The van der Waals surface area contributed by atoms with Crippen molar-refractivity contribution in [3.63, 3.8) is 0 Å². The van der Waals surface area contributed by atoms with E-state index < -0.39 is 12.0 Å². The topological polar surface area (TPSA) is 96.1 Å². The molecule has 1 aliphatic heterocycles. The normalized spacial score (nSPS) is 18.5. The Morgan fingerprint density at radius 3 is 2.62 bits per heavy atom. The Bertz CT molecular complexity index is 561. The third-order valence-corrected chi connectivity index (χ3v) is 3.69. The number of carbonyl (C=O) groups excluding carboxylic acids is 1. The molecule has 7 heteroatoms. The maximum absolute atomic E-state index is 11.3. The van der Waals surface area contributed by atoms with E-state index in [-0.39, 0.29) is 6.04 Å². The number of benzene rings is 1. The third kappa shape index (κ3) is 3.01. The number of anilines is 1. The maximum Gasteiger partial charge on any atom is 0.407 e. The van der Waals surface area contributed by atoms with E-state index in [4.69, 9.17) is 15.6 Å². The summed E-state index contributed by atoms with van der Waals surface area (Å²) in [5, 5.41) is 9.08. The molecule has 1 fully saturated rings. The van der Waals surface area contributed by atoms with Crippen molar-refractivity contribution >= 4 is 17.7 Å². The van der Waals surface area contributed by atoms with Crippen LogP contribution >= 0.6 is 0 Å². The number of amides is 2. The van der Waals surface area contributed by atoms with Crippen LogP contribution in [0.2, 0.25) is 0 Å². The Morgan fingerprint density at radius 1 is 1.38 bits per heavy atom. The molecule has 2 amide bonds. The van der Waals surface area contributed by atoms with Crippen molar-refractivity contribution in [1.29, 1.82) is 0 Å². The minimum Gasteiger partial charge on any atom is -0.496 e. The molecule has 21 heavy (non-hydrogen) atoms. The van der Waals surface area contributed by atoms with E-state index in [9.17, 15) is 9.59 Å². The molecule has 1 aliphatic rings. The first kappa shape index (κ1) is 15.0. The molecule has 0 radical (unpaired) electrons. The van der Waals surface area contributed by atoms with Crippen LogP contribution < -0.4 is 15.4 Å². The Balaban J connectivity index is 2.20. The molecule has 1 saturated heterocycles. The highest BCUT2D eigenvalue weighted by molar-refractivity contribution is 5.96. The number of nitrogens with zero attached hydrogens (tertiary/aromatic N) is 2. The van der Waals surface area contributed by atoms with E-state index in [2.05, 4.69) is 4.90 Å². The van der Waals surface area contributed by atoms with E-state index in [1.54, 1.807) is 18.2 Å². The summed E-state index contributed by atoms with van der Waals surface area (Å²) < 4.78 is 5.19. The molecule has 3 N–H and O–H groups in total. The van der Waals surface area contributed by atoms with Crippen LogP contribution in [0.15, 0.2) is 18.2 Å². The fourth-order valence-electron chi connectivity index (χ4n) is 2.56. The zero-order valence-corrected chi connectivity index (χ0v) is 12.1. The number of carbonyl (C=O) groups is 2. The van der Waals surface area contributed by atoms with Crippen LogP contribution in [0, 0.1) is 0 Å². The van der Waals surface area contributed by atoms with Gasteiger partial charge in [-0.05, 0) is 19.1 Å². The van der Waals surface area contributed by atoms with Gasteiger partial charge in [0.05, 0.1) is 12.7 Å². The van der Waals surface area contributed by atoms with Crippen molar-refractivity contribution in [2.45, 2.75) is 13.0 Å². The second-order valence-electron chi connectivity index (χ2n) is 5.02. The number of piperazine rings is 1. The molecule has 0 aliphatic carbocycles. The lowest BCUT2D eigenvalue weighted by molar-refractivity contribution is 0.0997. The molecule has 2 rings (SSSR count). The Hall–Kier alpha value is -2.44. The molecule has 0 bridgehead atoms. The summed E-state index contributed by atoms with van der Waals surface area (Å²) in [6, 6.07) is 5.08. The number of hydrogen-bond acceptors (Lipinski definition) is 4. The Morgan fingerprint density at radius 2 is 2.10 bits per heavy atom. The number of ether oxygens (including phenoxy) is 1. The molecule has 1 aromatic rings. The molecule has 0 saturated carbocycles. The van der Waals surface area contributed by atoms with Crippen LogP contribution in [0.25, 0.3) is 0 Å². The van der Waals surface area contributed by atoms with Gasteiger partial charge in [0, 0.05) is 37.4 Å². The average Bonchev–Trinajstić information content (AvgIpc) is 2.45. The highest BCUT2D eigenvalue weighted by Gasteiger charge is 2.27. The summed E-state index contributed by atoms with van der Waals surface area (Å²) in [5.74, 6) is -0.115. The summed E-state index contributed by atoms with van der Waals surface area (Å²) in [4.78, 5) is 25.8. The average molecular weight is 293 g/mol. The van der Waals surface area contributed by atoms with Crippen molar-refractivity contribution in [2.75, 3.05) is 31.6 Å². The first-order valence-electron chi connectivity index (χ1n) is 6.66. The Labute approximate surface area is 122 Å². The zero-order chi connectivity index (χ0) is 15.6. The van der Waals surface area contributed by atoms with Gasteiger partial charge in [-0.1, -0.05) is 0 Å². The second-order valence-corrected chi connectivity index (χ2v) is 5.02. The van der Waals surface area contributed by atoms with Gasteiger partial charge in [0.2, 0.25) is 0 Å². The molecular formula is C14H19N3O4. The molecule has 7 nitrogen and oxygen atoms in total. The minimum absolute atomic E-state index is 0.0990. The smallest absolute Gasteiger partial charge is 0.407 e.